The van der Waals surface area contributed by atoms with Crippen LogP contribution in [-0.4, -0.2) is 48.3 Å². The van der Waals surface area contributed by atoms with E-state index in [1.807, 2.05) is 43.3 Å². The summed E-state index contributed by atoms with van der Waals surface area (Å²) in [6, 6.07) is 7.44. The molecule has 0 aliphatic carbocycles. The number of aromatic amines is 1. The molecule has 8 heteroatoms. The first-order chi connectivity index (χ1) is 12.8. The topological polar surface area (TPSA) is 105 Å². The van der Waals surface area contributed by atoms with E-state index in [4.69, 9.17) is 4.74 Å². The van der Waals surface area contributed by atoms with Gasteiger partial charge in [0.05, 0.1) is 0 Å². The summed E-state index contributed by atoms with van der Waals surface area (Å²) in [7, 11) is 5.36. The molecule has 0 fully saturated rings. The Kier molecular flexibility index (Phi) is 6.73. The minimum Gasteiger partial charge on any atom is -0.494 e. The first-order valence-corrected chi connectivity index (χ1v) is 8.40. The van der Waals surface area contributed by atoms with E-state index < -0.39 is 28.5 Å². The highest BCUT2D eigenvalue weighted by Gasteiger charge is 2.19. The third kappa shape index (κ3) is 4.95. The van der Waals surface area contributed by atoms with Gasteiger partial charge in [-0.2, -0.15) is 0 Å². The lowest BCUT2D eigenvalue weighted by molar-refractivity contribution is 0.104. The Morgan fingerprint density at radius 1 is 1.26 bits per heavy atom. The summed E-state index contributed by atoms with van der Waals surface area (Å²) in [6.07, 6.45) is 3.18. The number of ketones is 1. The minimum atomic E-state index is -0.918. The van der Waals surface area contributed by atoms with Gasteiger partial charge in [-0.05, 0) is 30.2 Å². The van der Waals surface area contributed by atoms with E-state index in [-0.39, 0.29) is 6.54 Å². The first-order valence-electron chi connectivity index (χ1n) is 8.40. The molecule has 1 aromatic heterocycles. The van der Waals surface area contributed by atoms with Crippen molar-refractivity contribution in [3.05, 3.63) is 62.3 Å². The molecule has 0 aliphatic rings. The summed E-state index contributed by atoms with van der Waals surface area (Å²) < 4.78 is 5.86. The van der Waals surface area contributed by atoms with Crippen molar-refractivity contribution in [1.29, 1.82) is 0 Å². The Balaban J connectivity index is 2.28. The van der Waals surface area contributed by atoms with Crippen LogP contribution in [-0.2, 0) is 11.3 Å². The number of H-pyrrole nitrogens is 1. The van der Waals surface area contributed by atoms with Gasteiger partial charge >= 0.3 is 5.69 Å². The second kappa shape index (κ2) is 9.00. The number of benzene rings is 1. The van der Waals surface area contributed by atoms with Gasteiger partial charge < -0.3 is 14.7 Å². The van der Waals surface area contributed by atoms with Crippen molar-refractivity contribution in [2.45, 2.75) is 13.0 Å². The van der Waals surface area contributed by atoms with Crippen LogP contribution in [0.1, 0.15) is 22.3 Å². The first kappa shape index (κ1) is 20.2. The molecule has 0 bridgehead atoms. The van der Waals surface area contributed by atoms with Gasteiger partial charge in [0.2, 0.25) is 5.88 Å². The van der Waals surface area contributed by atoms with Crippen LogP contribution in [0.5, 0.6) is 5.88 Å². The second-order valence-electron chi connectivity index (χ2n) is 6.14. The van der Waals surface area contributed by atoms with Gasteiger partial charge in [0.15, 0.2) is 5.78 Å². The second-order valence-corrected chi connectivity index (χ2v) is 6.14. The van der Waals surface area contributed by atoms with Crippen molar-refractivity contribution in [1.82, 2.24) is 9.55 Å². The van der Waals surface area contributed by atoms with E-state index in [1.165, 1.54) is 13.2 Å². The number of aromatic nitrogens is 2. The molecule has 27 heavy (non-hydrogen) atoms. The van der Waals surface area contributed by atoms with Crippen LogP contribution in [0.15, 0.2) is 39.9 Å². The standard InChI is InChI=1S/C19H23N3O5/c1-21(2)14-8-5-13(6-9-14)7-10-15(23)16-17(24)20-19(26)22(18(16)25)11-4-12-27-3/h5-10,25H,4,11-12H2,1-3H3,(H,20,24,26)/b10-7+. The molecule has 0 saturated carbocycles. The molecule has 0 saturated heterocycles. The summed E-state index contributed by atoms with van der Waals surface area (Å²) in [5, 5.41) is 10.3. The summed E-state index contributed by atoms with van der Waals surface area (Å²) in [4.78, 5) is 40.3. The van der Waals surface area contributed by atoms with Crippen LogP contribution >= 0.6 is 0 Å². The summed E-state index contributed by atoms with van der Waals surface area (Å²) in [5.41, 5.74) is -0.381. The van der Waals surface area contributed by atoms with Crippen molar-refractivity contribution in [2.75, 3.05) is 32.7 Å². The number of carbonyl (C=O) groups is 1. The van der Waals surface area contributed by atoms with Gasteiger partial charge in [-0.3, -0.25) is 19.1 Å². The van der Waals surface area contributed by atoms with Gasteiger partial charge in [-0.25, -0.2) is 4.79 Å². The Bertz CT molecular complexity index is 939. The highest BCUT2D eigenvalue weighted by Crippen LogP contribution is 2.15. The summed E-state index contributed by atoms with van der Waals surface area (Å²) in [5.74, 6) is -1.33. The average Bonchev–Trinajstić information content (AvgIpc) is 2.62. The number of aromatic hydroxyl groups is 1. The van der Waals surface area contributed by atoms with E-state index in [9.17, 15) is 19.5 Å². The van der Waals surface area contributed by atoms with Crippen LogP contribution in [0, 0.1) is 0 Å². The maximum absolute atomic E-state index is 12.4. The zero-order valence-electron chi connectivity index (χ0n) is 15.6. The number of hydrogen-bond acceptors (Lipinski definition) is 6. The normalized spacial score (nSPS) is 11.1. The molecular weight excluding hydrogens is 350 g/mol. The van der Waals surface area contributed by atoms with E-state index in [0.717, 1.165) is 15.8 Å². The summed E-state index contributed by atoms with van der Waals surface area (Å²) in [6.45, 7) is 0.489. The molecule has 0 spiro atoms. The number of ether oxygens (including phenoxy) is 1. The van der Waals surface area contributed by atoms with Gasteiger partial charge in [0, 0.05) is 40.0 Å². The molecule has 1 aromatic carbocycles. The van der Waals surface area contributed by atoms with Crippen molar-refractivity contribution in [2.24, 2.45) is 0 Å². The molecule has 8 nitrogen and oxygen atoms in total. The SMILES string of the molecule is COCCCn1c(O)c(C(=O)/C=C/c2ccc(N(C)C)cc2)c(=O)[nH]c1=O. The third-order valence-electron chi connectivity index (χ3n) is 3.99. The van der Waals surface area contributed by atoms with E-state index in [2.05, 4.69) is 4.98 Å². The van der Waals surface area contributed by atoms with Crippen molar-refractivity contribution in [3.63, 3.8) is 0 Å². The average molecular weight is 373 g/mol. The Hall–Kier alpha value is -3.13. The van der Waals surface area contributed by atoms with Crippen LogP contribution in [0.2, 0.25) is 0 Å². The molecule has 0 unspecified atom stereocenters. The quantitative estimate of drug-likeness (QED) is 0.410. The predicted molar refractivity (Wildman–Crippen MR) is 104 cm³/mol. The van der Waals surface area contributed by atoms with Gasteiger partial charge in [-0.1, -0.05) is 18.2 Å². The Labute approximate surface area is 156 Å². The van der Waals surface area contributed by atoms with Gasteiger partial charge in [0.25, 0.3) is 5.56 Å². The monoisotopic (exact) mass is 373 g/mol. The van der Waals surface area contributed by atoms with E-state index in [0.29, 0.717) is 13.0 Å². The molecule has 0 amide bonds. The Morgan fingerprint density at radius 2 is 1.93 bits per heavy atom. The smallest absolute Gasteiger partial charge is 0.331 e. The fraction of sp³-hybridized carbons (Fsp3) is 0.316. The fourth-order valence-electron chi connectivity index (χ4n) is 2.50. The number of carbonyl (C=O) groups excluding carboxylic acids is 1. The van der Waals surface area contributed by atoms with Gasteiger partial charge in [0.1, 0.15) is 5.56 Å². The number of hydrogen-bond donors (Lipinski definition) is 2. The molecule has 2 aromatic rings. The highest BCUT2D eigenvalue weighted by molar-refractivity contribution is 6.08. The van der Waals surface area contributed by atoms with Crippen LogP contribution in [0.4, 0.5) is 5.69 Å². The highest BCUT2D eigenvalue weighted by atomic mass is 16.5. The number of rotatable bonds is 8. The Morgan fingerprint density at radius 3 is 2.52 bits per heavy atom. The van der Waals surface area contributed by atoms with Gasteiger partial charge in [-0.15, -0.1) is 0 Å². The van der Waals surface area contributed by atoms with Crippen LogP contribution in [0.3, 0.4) is 0 Å². The van der Waals surface area contributed by atoms with E-state index >= 15 is 0 Å². The van der Waals surface area contributed by atoms with Crippen LogP contribution < -0.4 is 16.1 Å². The lowest BCUT2D eigenvalue weighted by atomic mass is 10.1. The molecular formula is C19H23N3O5. The molecule has 0 radical (unpaired) electrons. The van der Waals surface area contributed by atoms with Crippen molar-refractivity contribution in [3.8, 4) is 5.88 Å². The largest absolute Gasteiger partial charge is 0.494 e. The molecule has 0 atom stereocenters. The maximum Gasteiger partial charge on any atom is 0.331 e. The third-order valence-corrected chi connectivity index (χ3v) is 3.99. The zero-order chi connectivity index (χ0) is 20.0. The fourth-order valence-corrected chi connectivity index (χ4v) is 2.50. The molecule has 144 valence electrons. The molecule has 1 heterocycles. The molecule has 2 N–H and O–H groups in total. The summed E-state index contributed by atoms with van der Waals surface area (Å²) >= 11 is 0. The van der Waals surface area contributed by atoms with Crippen molar-refractivity contribution >= 4 is 17.5 Å². The lowest BCUT2D eigenvalue weighted by Gasteiger charge is -2.11. The number of nitrogens with one attached hydrogen (secondary N) is 1. The zero-order valence-corrected chi connectivity index (χ0v) is 15.6. The number of anilines is 1. The number of methoxy groups -OCH3 is 1. The lowest BCUT2D eigenvalue weighted by Crippen LogP contribution is -2.33. The van der Waals surface area contributed by atoms with Crippen molar-refractivity contribution < 1.29 is 14.6 Å². The number of allylic oxidation sites excluding steroid dienone is 1. The number of nitrogens with zero attached hydrogens (tertiary/aromatic N) is 2. The predicted octanol–water partition coefficient (Wildman–Crippen LogP) is 1.24. The maximum atomic E-state index is 12.4. The minimum absolute atomic E-state index is 0.116. The van der Waals surface area contributed by atoms with Crippen LogP contribution in [0.25, 0.3) is 6.08 Å². The van der Waals surface area contributed by atoms with E-state index in [1.54, 1.807) is 6.08 Å². The molecule has 2 rings (SSSR count). The molecule has 0 aliphatic heterocycles.